The van der Waals surface area contributed by atoms with Crippen LogP contribution in [0.3, 0.4) is 0 Å². The Balaban J connectivity index is 3.15. The summed E-state index contributed by atoms with van der Waals surface area (Å²) in [5, 5.41) is 15.3. The third-order valence-electron chi connectivity index (χ3n) is 7.82. The molecule has 39 heavy (non-hydrogen) atoms. The Morgan fingerprint density at radius 2 is 1.49 bits per heavy atom. The van der Waals surface area contributed by atoms with E-state index in [0.29, 0.717) is 32.2 Å². The lowest BCUT2D eigenvalue weighted by molar-refractivity contribution is -0.161. The fourth-order valence-corrected chi connectivity index (χ4v) is 4.76. The number of hydrogen-bond donors (Lipinski definition) is 3. The highest BCUT2D eigenvalue weighted by atomic mass is 16.4. The van der Waals surface area contributed by atoms with E-state index in [-0.39, 0.29) is 23.7 Å². The molecule has 0 aliphatic carbocycles. The molecule has 1 aliphatic heterocycles. The summed E-state index contributed by atoms with van der Waals surface area (Å²) < 4.78 is 0. The van der Waals surface area contributed by atoms with Crippen LogP contribution < -0.4 is 10.6 Å². The van der Waals surface area contributed by atoms with E-state index in [1.165, 1.54) is 21.7 Å². The molecule has 1 fully saturated rings. The molecule has 11 heteroatoms. The molecule has 4 amide bonds. The quantitative estimate of drug-likeness (QED) is 0.280. The lowest BCUT2D eigenvalue weighted by Gasteiger charge is -2.41. The monoisotopic (exact) mass is 553 g/mol. The SMILES string of the molecule is CC[C@H](C)[C@H](NC(=O)[C@H](CC(C)C)N(C)C(=O)[C@H](CC(C)C)NC)C(=O)N(C)[C@@H](C)C(=O)N1CC[C@H]1C(=O)O. The van der Waals surface area contributed by atoms with Crippen molar-refractivity contribution in [3.63, 3.8) is 0 Å². The van der Waals surface area contributed by atoms with Crippen LogP contribution in [0.25, 0.3) is 0 Å². The highest BCUT2D eigenvalue weighted by molar-refractivity contribution is 5.95. The summed E-state index contributed by atoms with van der Waals surface area (Å²) in [6, 6.07) is -3.90. The van der Waals surface area contributed by atoms with Crippen molar-refractivity contribution in [3.05, 3.63) is 0 Å². The second kappa shape index (κ2) is 15.2. The minimum absolute atomic E-state index is 0.117. The first-order valence-electron chi connectivity index (χ1n) is 14.1. The van der Waals surface area contributed by atoms with Crippen LogP contribution in [0.1, 0.15) is 74.1 Å². The first-order chi connectivity index (χ1) is 18.1. The number of likely N-dealkylation sites (tertiary alicyclic amines) is 1. The maximum absolute atomic E-state index is 13.7. The van der Waals surface area contributed by atoms with Gasteiger partial charge in [0, 0.05) is 20.6 Å². The Hall–Kier alpha value is -2.69. The fourth-order valence-electron chi connectivity index (χ4n) is 4.76. The van der Waals surface area contributed by atoms with E-state index in [2.05, 4.69) is 10.6 Å². The van der Waals surface area contributed by atoms with Gasteiger partial charge in [-0.05, 0) is 51.0 Å². The first kappa shape index (κ1) is 34.3. The van der Waals surface area contributed by atoms with Gasteiger partial charge >= 0.3 is 5.97 Å². The molecule has 11 nitrogen and oxygen atoms in total. The molecule has 0 saturated carbocycles. The first-order valence-corrected chi connectivity index (χ1v) is 14.1. The van der Waals surface area contributed by atoms with E-state index in [0.717, 1.165) is 0 Å². The molecule has 6 atom stereocenters. The second-order valence-corrected chi connectivity index (χ2v) is 11.7. The molecule has 224 valence electrons. The lowest BCUT2D eigenvalue weighted by atomic mass is 9.95. The minimum atomic E-state index is -1.07. The number of nitrogens with zero attached hydrogens (tertiary/aromatic N) is 3. The number of carbonyl (C=O) groups is 5. The molecule has 1 rings (SSSR count). The van der Waals surface area contributed by atoms with E-state index in [1.54, 1.807) is 21.0 Å². The number of carboxylic acids is 1. The number of nitrogens with one attached hydrogen (secondary N) is 2. The molecule has 3 N–H and O–H groups in total. The molecular weight excluding hydrogens is 502 g/mol. The molecule has 0 aromatic carbocycles. The van der Waals surface area contributed by atoms with E-state index < -0.39 is 53.9 Å². The van der Waals surface area contributed by atoms with Crippen LogP contribution in [0.4, 0.5) is 0 Å². The number of carboxylic acid groups (broad SMARTS) is 1. The van der Waals surface area contributed by atoms with Crippen molar-refractivity contribution in [3.8, 4) is 0 Å². The Morgan fingerprint density at radius 1 is 0.923 bits per heavy atom. The third-order valence-corrected chi connectivity index (χ3v) is 7.82. The van der Waals surface area contributed by atoms with Gasteiger partial charge in [0.1, 0.15) is 24.2 Å². The molecule has 1 saturated heterocycles. The van der Waals surface area contributed by atoms with Gasteiger partial charge in [-0.1, -0.05) is 48.0 Å². The summed E-state index contributed by atoms with van der Waals surface area (Å²) in [7, 11) is 4.84. The van der Waals surface area contributed by atoms with E-state index in [4.69, 9.17) is 0 Å². The lowest BCUT2D eigenvalue weighted by Crippen LogP contribution is -2.62. The average molecular weight is 554 g/mol. The second-order valence-electron chi connectivity index (χ2n) is 11.7. The maximum atomic E-state index is 13.7. The van der Waals surface area contributed by atoms with Gasteiger partial charge in [0.05, 0.1) is 6.04 Å². The van der Waals surface area contributed by atoms with Crippen LogP contribution in [0.2, 0.25) is 0 Å². The summed E-state index contributed by atoms with van der Waals surface area (Å²) in [5.41, 5.74) is 0. The molecule has 0 radical (unpaired) electrons. The van der Waals surface area contributed by atoms with Crippen molar-refractivity contribution in [1.82, 2.24) is 25.3 Å². The van der Waals surface area contributed by atoms with Gasteiger partial charge in [-0.3, -0.25) is 19.2 Å². The summed E-state index contributed by atoms with van der Waals surface area (Å²) in [6.45, 7) is 13.7. The van der Waals surface area contributed by atoms with Crippen LogP contribution in [-0.2, 0) is 24.0 Å². The van der Waals surface area contributed by atoms with Crippen molar-refractivity contribution >= 4 is 29.6 Å². The van der Waals surface area contributed by atoms with Crippen molar-refractivity contribution in [2.45, 2.75) is 104 Å². The highest BCUT2D eigenvalue weighted by Gasteiger charge is 2.42. The number of rotatable bonds is 15. The zero-order valence-electron chi connectivity index (χ0n) is 25.5. The standard InChI is InChI=1S/C28H51N5O6/c1-11-18(6)23(27(37)31(9)19(7)25(35)33-13-12-21(33)28(38)39)30-24(34)22(15-17(4)5)32(10)26(36)20(29-8)14-16(2)3/h16-23,29H,11-15H2,1-10H3,(H,30,34)(H,38,39)/t18-,19-,20-,21-,22-,23-/m0/s1. The summed E-state index contributed by atoms with van der Waals surface area (Å²) in [5.74, 6) is -2.38. The summed E-state index contributed by atoms with van der Waals surface area (Å²) in [6.07, 6.45) is 2.02. The Morgan fingerprint density at radius 3 is 1.90 bits per heavy atom. The predicted molar refractivity (Wildman–Crippen MR) is 150 cm³/mol. The van der Waals surface area contributed by atoms with Crippen LogP contribution in [0.5, 0.6) is 0 Å². The number of hydrogen-bond acceptors (Lipinski definition) is 6. The van der Waals surface area contributed by atoms with Crippen LogP contribution in [-0.4, -0.2) is 107 Å². The normalized spacial score (nSPS) is 19.0. The Bertz CT molecular complexity index is 879. The van der Waals surface area contributed by atoms with Gasteiger partial charge in [0.15, 0.2) is 0 Å². The third kappa shape index (κ3) is 8.91. The van der Waals surface area contributed by atoms with E-state index in [9.17, 15) is 29.1 Å². The molecule has 0 aromatic rings. The zero-order valence-corrected chi connectivity index (χ0v) is 25.5. The molecule has 1 heterocycles. The van der Waals surface area contributed by atoms with Crippen molar-refractivity contribution in [2.24, 2.45) is 17.8 Å². The van der Waals surface area contributed by atoms with Crippen LogP contribution in [0, 0.1) is 17.8 Å². The molecule has 1 aliphatic rings. The highest BCUT2D eigenvalue weighted by Crippen LogP contribution is 2.21. The van der Waals surface area contributed by atoms with Gasteiger partial charge in [-0.15, -0.1) is 0 Å². The van der Waals surface area contributed by atoms with Gasteiger partial charge in [-0.25, -0.2) is 4.79 Å². The van der Waals surface area contributed by atoms with Gasteiger partial charge in [0.25, 0.3) is 0 Å². The Kier molecular flexibility index (Phi) is 13.4. The van der Waals surface area contributed by atoms with Crippen molar-refractivity contribution < 1.29 is 29.1 Å². The number of aliphatic carboxylic acids is 1. The molecule has 0 spiro atoms. The summed E-state index contributed by atoms with van der Waals surface area (Å²) in [4.78, 5) is 69.0. The number of amides is 4. The van der Waals surface area contributed by atoms with Gasteiger partial charge < -0.3 is 30.4 Å². The topological polar surface area (TPSA) is 139 Å². The number of carbonyl (C=O) groups excluding carboxylic acids is 4. The van der Waals surface area contributed by atoms with Gasteiger partial charge in [-0.2, -0.15) is 0 Å². The minimum Gasteiger partial charge on any atom is -0.480 e. The van der Waals surface area contributed by atoms with E-state index in [1.807, 2.05) is 41.5 Å². The molecule has 0 bridgehead atoms. The molecule has 0 aromatic heterocycles. The average Bonchev–Trinajstić information content (AvgIpc) is 2.84. The van der Waals surface area contributed by atoms with Crippen LogP contribution >= 0.6 is 0 Å². The van der Waals surface area contributed by atoms with Gasteiger partial charge in [0.2, 0.25) is 23.6 Å². The maximum Gasteiger partial charge on any atom is 0.326 e. The fraction of sp³-hybridized carbons (Fsp3) is 0.821. The summed E-state index contributed by atoms with van der Waals surface area (Å²) >= 11 is 0. The van der Waals surface area contributed by atoms with Crippen molar-refractivity contribution in [1.29, 1.82) is 0 Å². The smallest absolute Gasteiger partial charge is 0.326 e. The predicted octanol–water partition coefficient (Wildman–Crippen LogP) is 1.56. The van der Waals surface area contributed by atoms with Crippen molar-refractivity contribution in [2.75, 3.05) is 27.7 Å². The Labute approximate surface area is 234 Å². The molecule has 0 unspecified atom stereocenters. The van der Waals surface area contributed by atoms with Crippen LogP contribution in [0.15, 0.2) is 0 Å². The zero-order chi connectivity index (χ0) is 30.2. The molecular formula is C28H51N5O6. The largest absolute Gasteiger partial charge is 0.480 e. The van der Waals surface area contributed by atoms with E-state index >= 15 is 0 Å². The number of likely N-dealkylation sites (N-methyl/N-ethyl adjacent to an activating group) is 3.